The predicted molar refractivity (Wildman–Crippen MR) is 78.9 cm³/mol. The molecule has 0 aromatic rings. The zero-order chi connectivity index (χ0) is 14.6. The van der Waals surface area contributed by atoms with Gasteiger partial charge in [0.05, 0.1) is 18.3 Å². The van der Waals surface area contributed by atoms with Crippen molar-refractivity contribution < 1.29 is 14.6 Å². The molecular weight excluding hydrogens is 256 g/mol. The lowest BCUT2D eigenvalue weighted by Gasteiger charge is -2.47. The minimum absolute atomic E-state index is 0.0646. The minimum Gasteiger partial charge on any atom is -0.394 e. The fourth-order valence-corrected chi connectivity index (χ4v) is 3.68. The molecule has 5 nitrogen and oxygen atoms in total. The monoisotopic (exact) mass is 286 g/mol. The van der Waals surface area contributed by atoms with Gasteiger partial charge in [0.15, 0.2) is 0 Å². The number of nitrogens with one attached hydrogen (secondary N) is 1. The van der Waals surface area contributed by atoms with E-state index in [1.54, 1.807) is 0 Å². The van der Waals surface area contributed by atoms with Crippen molar-refractivity contribution in [2.75, 3.05) is 53.0 Å². The van der Waals surface area contributed by atoms with Gasteiger partial charge in [-0.15, -0.1) is 0 Å². The second-order valence-electron chi connectivity index (χ2n) is 6.99. The number of morpholine rings is 1. The quantitative estimate of drug-likeness (QED) is 0.770. The van der Waals surface area contributed by atoms with Crippen molar-refractivity contribution in [3.8, 4) is 0 Å². The molecule has 0 amide bonds. The summed E-state index contributed by atoms with van der Waals surface area (Å²) in [6.45, 7) is 9.87. The molecule has 2 fully saturated rings. The summed E-state index contributed by atoms with van der Waals surface area (Å²) in [5.41, 5.74) is 0.109. The van der Waals surface area contributed by atoms with E-state index in [1.807, 2.05) is 7.05 Å². The average molecular weight is 286 g/mol. The summed E-state index contributed by atoms with van der Waals surface area (Å²) in [6.07, 6.45) is 2.15. The largest absolute Gasteiger partial charge is 0.394 e. The van der Waals surface area contributed by atoms with Gasteiger partial charge in [-0.3, -0.25) is 4.90 Å². The summed E-state index contributed by atoms with van der Waals surface area (Å²) in [5, 5.41) is 12.8. The van der Waals surface area contributed by atoms with Crippen LogP contribution >= 0.6 is 0 Å². The molecule has 2 heterocycles. The highest BCUT2D eigenvalue weighted by Crippen LogP contribution is 2.33. The second-order valence-corrected chi connectivity index (χ2v) is 6.99. The Bertz CT molecular complexity index is 298. The molecule has 2 rings (SSSR count). The third-order valence-electron chi connectivity index (χ3n) is 4.42. The molecular formula is C15H30N2O3. The summed E-state index contributed by atoms with van der Waals surface area (Å²) in [5.74, 6) is 0. The van der Waals surface area contributed by atoms with Crippen molar-refractivity contribution in [1.82, 2.24) is 10.2 Å². The van der Waals surface area contributed by atoms with Crippen LogP contribution in [-0.2, 0) is 9.47 Å². The Hall–Kier alpha value is -0.200. The zero-order valence-electron chi connectivity index (χ0n) is 13.2. The van der Waals surface area contributed by atoms with Crippen molar-refractivity contribution in [2.45, 2.75) is 38.4 Å². The molecule has 1 unspecified atom stereocenters. The maximum absolute atomic E-state index is 9.43. The summed E-state index contributed by atoms with van der Waals surface area (Å²) in [4.78, 5) is 2.47. The van der Waals surface area contributed by atoms with Crippen LogP contribution in [0.5, 0.6) is 0 Å². The first-order valence-electron chi connectivity index (χ1n) is 7.72. The van der Waals surface area contributed by atoms with E-state index in [0.29, 0.717) is 5.41 Å². The van der Waals surface area contributed by atoms with Crippen LogP contribution in [0, 0.1) is 5.41 Å². The topological polar surface area (TPSA) is 54.0 Å². The Morgan fingerprint density at radius 2 is 2.00 bits per heavy atom. The van der Waals surface area contributed by atoms with Gasteiger partial charge in [-0.1, -0.05) is 0 Å². The number of hydrogen-bond donors (Lipinski definition) is 2. The fourth-order valence-electron chi connectivity index (χ4n) is 3.68. The van der Waals surface area contributed by atoms with Gasteiger partial charge in [0.2, 0.25) is 0 Å². The molecule has 0 bridgehead atoms. The van der Waals surface area contributed by atoms with Gasteiger partial charge in [0.1, 0.15) is 0 Å². The SMILES string of the molecule is CNCC1(CN2CC(CO)OC(C)(C)C2)CCOCC1. The number of aliphatic hydroxyl groups excluding tert-OH is 1. The fraction of sp³-hybridized carbons (Fsp3) is 1.00. The molecule has 0 aliphatic carbocycles. The van der Waals surface area contributed by atoms with E-state index < -0.39 is 0 Å². The van der Waals surface area contributed by atoms with Crippen LogP contribution in [0.4, 0.5) is 0 Å². The van der Waals surface area contributed by atoms with Crippen molar-refractivity contribution in [2.24, 2.45) is 5.41 Å². The van der Waals surface area contributed by atoms with Crippen LogP contribution in [0.3, 0.4) is 0 Å². The highest BCUT2D eigenvalue weighted by atomic mass is 16.5. The molecule has 2 saturated heterocycles. The van der Waals surface area contributed by atoms with Crippen LogP contribution < -0.4 is 5.32 Å². The Morgan fingerprint density at radius 1 is 1.30 bits per heavy atom. The number of hydrogen-bond acceptors (Lipinski definition) is 5. The van der Waals surface area contributed by atoms with Crippen molar-refractivity contribution in [1.29, 1.82) is 0 Å². The average Bonchev–Trinajstić information content (AvgIpc) is 2.38. The van der Waals surface area contributed by atoms with Gasteiger partial charge in [-0.05, 0) is 39.2 Å². The lowest BCUT2D eigenvalue weighted by molar-refractivity contribution is -0.157. The number of rotatable bonds is 5. The first-order valence-corrected chi connectivity index (χ1v) is 7.72. The number of aliphatic hydroxyl groups is 1. The van der Waals surface area contributed by atoms with Gasteiger partial charge >= 0.3 is 0 Å². The summed E-state index contributed by atoms with van der Waals surface area (Å²) < 4.78 is 11.4. The molecule has 0 aromatic heterocycles. The van der Waals surface area contributed by atoms with Gasteiger partial charge < -0.3 is 19.9 Å². The van der Waals surface area contributed by atoms with Crippen LogP contribution in [0.2, 0.25) is 0 Å². The third kappa shape index (κ3) is 4.15. The van der Waals surface area contributed by atoms with Gasteiger partial charge in [-0.2, -0.15) is 0 Å². The van der Waals surface area contributed by atoms with E-state index in [4.69, 9.17) is 9.47 Å². The molecule has 2 aliphatic rings. The lowest BCUT2D eigenvalue weighted by atomic mass is 9.79. The molecule has 1 atom stereocenters. The number of nitrogens with zero attached hydrogens (tertiary/aromatic N) is 1. The predicted octanol–water partition coefficient (Wildman–Crippen LogP) is 0.474. The van der Waals surface area contributed by atoms with E-state index in [2.05, 4.69) is 24.1 Å². The molecule has 2 N–H and O–H groups in total. The van der Waals surface area contributed by atoms with E-state index in [-0.39, 0.29) is 18.3 Å². The van der Waals surface area contributed by atoms with E-state index in [1.165, 1.54) is 0 Å². The van der Waals surface area contributed by atoms with Gasteiger partial charge in [0, 0.05) is 39.4 Å². The van der Waals surface area contributed by atoms with Gasteiger partial charge in [-0.25, -0.2) is 0 Å². The zero-order valence-corrected chi connectivity index (χ0v) is 13.2. The number of ether oxygens (including phenoxy) is 2. The van der Waals surface area contributed by atoms with E-state index >= 15 is 0 Å². The molecule has 0 aromatic carbocycles. The molecule has 118 valence electrons. The van der Waals surface area contributed by atoms with Crippen LogP contribution in [0.25, 0.3) is 0 Å². The summed E-state index contributed by atoms with van der Waals surface area (Å²) in [7, 11) is 2.02. The first-order chi connectivity index (χ1) is 9.49. The summed E-state index contributed by atoms with van der Waals surface area (Å²) in [6, 6.07) is 0. The Morgan fingerprint density at radius 3 is 2.60 bits per heavy atom. The Labute approximate surface area is 122 Å². The minimum atomic E-state index is -0.183. The normalized spacial score (nSPS) is 30.3. The first kappa shape index (κ1) is 16.2. The molecule has 0 radical (unpaired) electrons. The Balaban J connectivity index is 2.01. The summed E-state index contributed by atoms with van der Waals surface area (Å²) >= 11 is 0. The molecule has 20 heavy (non-hydrogen) atoms. The second kappa shape index (κ2) is 6.71. The van der Waals surface area contributed by atoms with Crippen LogP contribution in [0.15, 0.2) is 0 Å². The van der Waals surface area contributed by atoms with E-state index in [0.717, 1.165) is 52.2 Å². The third-order valence-corrected chi connectivity index (χ3v) is 4.42. The van der Waals surface area contributed by atoms with Crippen LogP contribution in [-0.4, -0.2) is 74.8 Å². The molecule has 5 heteroatoms. The van der Waals surface area contributed by atoms with Crippen molar-refractivity contribution in [3.63, 3.8) is 0 Å². The Kier molecular flexibility index (Phi) is 5.42. The van der Waals surface area contributed by atoms with Crippen molar-refractivity contribution >= 4 is 0 Å². The molecule has 2 aliphatic heterocycles. The maximum Gasteiger partial charge on any atom is 0.0940 e. The standard InChI is InChI=1S/C15H30N2O3/c1-14(2)11-17(8-13(9-18)20-14)12-15(10-16-3)4-6-19-7-5-15/h13,16,18H,4-12H2,1-3H3. The lowest BCUT2D eigenvalue weighted by Crippen LogP contribution is -2.57. The smallest absolute Gasteiger partial charge is 0.0940 e. The molecule has 0 spiro atoms. The maximum atomic E-state index is 9.43. The van der Waals surface area contributed by atoms with Crippen molar-refractivity contribution in [3.05, 3.63) is 0 Å². The van der Waals surface area contributed by atoms with Gasteiger partial charge in [0.25, 0.3) is 0 Å². The highest BCUT2D eigenvalue weighted by molar-refractivity contribution is 4.91. The molecule has 0 saturated carbocycles. The van der Waals surface area contributed by atoms with E-state index in [9.17, 15) is 5.11 Å². The van der Waals surface area contributed by atoms with Crippen LogP contribution in [0.1, 0.15) is 26.7 Å². The highest BCUT2D eigenvalue weighted by Gasteiger charge is 2.39.